The highest BCUT2D eigenvalue weighted by atomic mass is 16.2. The number of likely N-dealkylation sites (tertiary alicyclic amines) is 1. The van der Waals surface area contributed by atoms with Crippen LogP contribution in [0.4, 0.5) is 22.2 Å². The van der Waals surface area contributed by atoms with E-state index in [-0.39, 0.29) is 12.1 Å². The predicted molar refractivity (Wildman–Crippen MR) is 118 cm³/mol. The van der Waals surface area contributed by atoms with Gasteiger partial charge < -0.3 is 15.1 Å². The molecule has 0 aromatic carbocycles. The number of anilines is 3. The van der Waals surface area contributed by atoms with Crippen LogP contribution in [0.3, 0.4) is 0 Å². The van der Waals surface area contributed by atoms with Gasteiger partial charge in [-0.15, -0.1) is 0 Å². The summed E-state index contributed by atoms with van der Waals surface area (Å²) in [6, 6.07) is 4.61. The summed E-state index contributed by atoms with van der Waals surface area (Å²) in [4.78, 5) is 32.7. The quantitative estimate of drug-likeness (QED) is 0.812. The minimum absolute atomic E-state index is 0.0707. The molecular formula is C22H31N7O. The first-order chi connectivity index (χ1) is 14.4. The number of carbonyl (C=O) groups is 1. The van der Waals surface area contributed by atoms with Crippen molar-refractivity contribution < 1.29 is 4.79 Å². The molecule has 1 saturated heterocycles. The number of hydrogen-bond acceptors (Lipinski definition) is 6. The molecular weight excluding hydrogens is 378 g/mol. The van der Waals surface area contributed by atoms with Crippen molar-refractivity contribution in [1.29, 1.82) is 0 Å². The Morgan fingerprint density at radius 2 is 1.77 bits per heavy atom. The number of piperidine rings is 1. The normalized spacial score (nSPS) is 18.3. The van der Waals surface area contributed by atoms with E-state index in [0.717, 1.165) is 37.2 Å². The maximum atomic E-state index is 13.3. The molecule has 30 heavy (non-hydrogen) atoms. The molecule has 8 nitrogen and oxygen atoms in total. The van der Waals surface area contributed by atoms with E-state index in [4.69, 9.17) is 4.98 Å². The van der Waals surface area contributed by atoms with Crippen molar-refractivity contribution in [1.82, 2.24) is 24.8 Å². The Morgan fingerprint density at radius 1 is 1.07 bits per heavy atom. The molecule has 1 N–H and O–H groups in total. The SMILES string of the molecule is CC(C)N1CCC(Nc2ncc3c(n2)N(c2ccncc2)C(=O)N(C(C)C)C3)CC1. The van der Waals surface area contributed by atoms with Crippen molar-refractivity contribution in [3.05, 3.63) is 36.3 Å². The second-order valence-corrected chi connectivity index (χ2v) is 8.64. The number of urea groups is 1. The average Bonchev–Trinajstić information content (AvgIpc) is 2.74. The minimum Gasteiger partial charge on any atom is -0.351 e. The Bertz CT molecular complexity index is 878. The van der Waals surface area contributed by atoms with Gasteiger partial charge in [-0.05, 0) is 52.7 Å². The van der Waals surface area contributed by atoms with Gasteiger partial charge in [0.05, 0.1) is 12.2 Å². The maximum Gasteiger partial charge on any atom is 0.330 e. The Hall–Kier alpha value is -2.74. The van der Waals surface area contributed by atoms with Gasteiger partial charge in [-0.3, -0.25) is 4.98 Å². The van der Waals surface area contributed by atoms with Gasteiger partial charge in [0.1, 0.15) is 0 Å². The van der Waals surface area contributed by atoms with Crippen molar-refractivity contribution in [2.75, 3.05) is 23.3 Å². The second kappa shape index (κ2) is 8.55. The van der Waals surface area contributed by atoms with Gasteiger partial charge in [-0.25, -0.2) is 14.7 Å². The van der Waals surface area contributed by atoms with Crippen LogP contribution in [0, 0.1) is 0 Å². The minimum atomic E-state index is -0.0707. The zero-order valence-corrected chi connectivity index (χ0v) is 18.2. The highest BCUT2D eigenvalue weighted by Crippen LogP contribution is 2.34. The van der Waals surface area contributed by atoms with Crippen LogP contribution in [-0.4, -0.2) is 62.0 Å². The molecule has 4 rings (SSSR count). The van der Waals surface area contributed by atoms with E-state index < -0.39 is 0 Å². The van der Waals surface area contributed by atoms with Crippen LogP contribution in [0.25, 0.3) is 0 Å². The van der Waals surface area contributed by atoms with Crippen molar-refractivity contribution in [2.45, 2.75) is 65.2 Å². The van der Waals surface area contributed by atoms with Gasteiger partial charge in [0.2, 0.25) is 5.95 Å². The van der Waals surface area contributed by atoms with E-state index in [9.17, 15) is 4.79 Å². The van der Waals surface area contributed by atoms with Gasteiger partial charge in [-0.2, -0.15) is 4.98 Å². The van der Waals surface area contributed by atoms with Gasteiger partial charge in [0.15, 0.2) is 5.82 Å². The fourth-order valence-corrected chi connectivity index (χ4v) is 4.11. The van der Waals surface area contributed by atoms with Crippen LogP contribution in [0.2, 0.25) is 0 Å². The lowest BCUT2D eigenvalue weighted by Gasteiger charge is -2.38. The summed E-state index contributed by atoms with van der Waals surface area (Å²) in [5.74, 6) is 1.24. The topological polar surface area (TPSA) is 77.5 Å². The number of pyridine rings is 1. The number of rotatable bonds is 5. The van der Waals surface area contributed by atoms with Crippen molar-refractivity contribution >= 4 is 23.5 Å². The van der Waals surface area contributed by atoms with Gasteiger partial charge >= 0.3 is 6.03 Å². The van der Waals surface area contributed by atoms with E-state index in [0.29, 0.717) is 30.4 Å². The molecule has 2 aliphatic heterocycles. The Morgan fingerprint density at radius 3 is 2.40 bits per heavy atom. The monoisotopic (exact) mass is 409 g/mol. The smallest absolute Gasteiger partial charge is 0.330 e. The molecule has 2 amide bonds. The van der Waals surface area contributed by atoms with Crippen molar-refractivity contribution in [3.8, 4) is 0 Å². The van der Waals surface area contributed by atoms with E-state index in [1.807, 2.05) is 37.1 Å². The summed E-state index contributed by atoms with van der Waals surface area (Å²) in [5, 5.41) is 3.50. The number of nitrogens with zero attached hydrogens (tertiary/aromatic N) is 6. The standard InChI is InChI=1S/C22H31N7O/c1-15(2)27-11-7-18(8-12-27)25-21-24-13-17-14-28(16(3)4)22(30)29(20(17)26-21)19-5-9-23-10-6-19/h5-6,9-10,13,15-16,18H,7-8,11-12,14H2,1-4H3,(H,24,25,26). The molecule has 2 aliphatic rings. The highest BCUT2D eigenvalue weighted by Gasteiger charge is 2.34. The maximum absolute atomic E-state index is 13.3. The lowest BCUT2D eigenvalue weighted by molar-refractivity contribution is 0.177. The predicted octanol–water partition coefficient (Wildman–Crippen LogP) is 3.64. The number of amides is 2. The first kappa shape index (κ1) is 20.5. The summed E-state index contributed by atoms with van der Waals surface area (Å²) in [6.45, 7) is 11.2. The summed E-state index contributed by atoms with van der Waals surface area (Å²) < 4.78 is 0. The number of carbonyl (C=O) groups excluding carboxylic acids is 1. The Labute approximate surface area is 178 Å². The first-order valence-corrected chi connectivity index (χ1v) is 10.8. The van der Waals surface area contributed by atoms with Crippen LogP contribution >= 0.6 is 0 Å². The number of fused-ring (bicyclic) bond motifs is 1. The average molecular weight is 410 g/mol. The van der Waals surface area contributed by atoms with Crippen LogP contribution in [-0.2, 0) is 6.54 Å². The Balaban J connectivity index is 1.60. The van der Waals surface area contributed by atoms with E-state index in [1.54, 1.807) is 17.3 Å². The number of hydrogen-bond donors (Lipinski definition) is 1. The highest BCUT2D eigenvalue weighted by molar-refractivity contribution is 6.00. The fraction of sp³-hybridized carbons (Fsp3) is 0.545. The molecule has 0 spiro atoms. The molecule has 0 aliphatic carbocycles. The zero-order chi connectivity index (χ0) is 21.3. The third-order valence-corrected chi connectivity index (χ3v) is 5.97. The molecule has 4 heterocycles. The zero-order valence-electron chi connectivity index (χ0n) is 18.2. The molecule has 160 valence electrons. The molecule has 0 atom stereocenters. The van der Waals surface area contributed by atoms with Crippen LogP contribution < -0.4 is 10.2 Å². The van der Waals surface area contributed by atoms with Crippen molar-refractivity contribution in [3.63, 3.8) is 0 Å². The second-order valence-electron chi connectivity index (χ2n) is 8.64. The molecule has 0 bridgehead atoms. The number of nitrogens with one attached hydrogen (secondary N) is 1. The molecule has 0 radical (unpaired) electrons. The lowest BCUT2D eigenvalue weighted by Crippen LogP contribution is -2.48. The van der Waals surface area contributed by atoms with Gasteiger partial charge in [0, 0.05) is 55.4 Å². The third kappa shape index (κ3) is 4.09. The van der Waals surface area contributed by atoms with E-state index in [1.165, 1.54) is 0 Å². The largest absolute Gasteiger partial charge is 0.351 e. The summed E-state index contributed by atoms with van der Waals surface area (Å²) in [5.41, 5.74) is 1.71. The molecule has 2 aromatic rings. The third-order valence-electron chi connectivity index (χ3n) is 5.97. The van der Waals surface area contributed by atoms with E-state index >= 15 is 0 Å². The summed E-state index contributed by atoms with van der Waals surface area (Å²) in [7, 11) is 0. The van der Waals surface area contributed by atoms with Crippen LogP contribution in [0.5, 0.6) is 0 Å². The molecule has 0 saturated carbocycles. The molecule has 1 fully saturated rings. The summed E-state index contributed by atoms with van der Waals surface area (Å²) >= 11 is 0. The van der Waals surface area contributed by atoms with Crippen LogP contribution in [0.1, 0.15) is 46.1 Å². The lowest BCUT2D eigenvalue weighted by atomic mass is 10.0. The Kier molecular flexibility index (Phi) is 5.85. The van der Waals surface area contributed by atoms with E-state index in [2.05, 4.69) is 34.0 Å². The molecule has 0 unspecified atom stereocenters. The molecule has 8 heteroatoms. The van der Waals surface area contributed by atoms with Gasteiger partial charge in [0.25, 0.3) is 0 Å². The number of aromatic nitrogens is 3. The van der Waals surface area contributed by atoms with Gasteiger partial charge in [-0.1, -0.05) is 0 Å². The molecule has 2 aromatic heterocycles. The van der Waals surface area contributed by atoms with Crippen LogP contribution in [0.15, 0.2) is 30.7 Å². The first-order valence-electron chi connectivity index (χ1n) is 10.8. The van der Waals surface area contributed by atoms with Crippen molar-refractivity contribution in [2.24, 2.45) is 0 Å². The summed E-state index contributed by atoms with van der Waals surface area (Å²) in [6.07, 6.45) is 7.36. The fourth-order valence-electron chi connectivity index (χ4n) is 4.11.